The molecule has 2 N–H and O–H groups in total. The molecule has 0 unspecified atom stereocenters. The Balaban J connectivity index is 1.76. The van der Waals surface area contributed by atoms with Crippen molar-refractivity contribution >= 4 is 23.0 Å². The number of rotatable bonds is 9. The van der Waals surface area contributed by atoms with Crippen LogP contribution in [-0.2, 0) is 19.0 Å². The van der Waals surface area contributed by atoms with E-state index in [2.05, 4.69) is 49.8 Å². The average molecular weight is 428 g/mol. The van der Waals surface area contributed by atoms with E-state index in [1.54, 1.807) is 0 Å². The number of halogens is 3. The molecule has 0 aliphatic rings. The lowest BCUT2D eigenvalue weighted by atomic mass is 10.1. The molecule has 0 spiro atoms. The number of hydrogen-bond acceptors (Lipinski definition) is 4. The Morgan fingerprint density at radius 2 is 1.86 bits per heavy atom. The minimum absolute atomic E-state index is 0.420. The molecule has 2 rings (SSSR count). The highest BCUT2D eigenvalue weighted by Gasteiger charge is 2.33. The molecule has 0 fully saturated rings. The number of benzene rings is 1. The molecule has 0 atom stereocenters. The highest BCUT2D eigenvalue weighted by molar-refractivity contribution is 7.09. The van der Waals surface area contributed by atoms with Crippen LogP contribution in [0.1, 0.15) is 29.6 Å². The Morgan fingerprint density at radius 1 is 1.14 bits per heavy atom. The molecule has 9 heteroatoms. The molecular weight excluding hydrogens is 399 g/mol. The molecule has 0 amide bonds. The molecule has 0 saturated heterocycles. The number of aliphatic imine (C=N–C) groups is 1. The Morgan fingerprint density at radius 3 is 2.45 bits per heavy atom. The topological polar surface area (TPSA) is 52.6 Å². The lowest BCUT2D eigenvalue weighted by Gasteiger charge is -2.12. The molecule has 0 aliphatic carbocycles. The number of nitrogens with zero attached hydrogens (tertiary/aromatic N) is 3. The van der Waals surface area contributed by atoms with Crippen LogP contribution in [0.3, 0.4) is 0 Å². The van der Waals surface area contributed by atoms with Gasteiger partial charge in [-0.25, -0.2) is 4.98 Å². The summed E-state index contributed by atoms with van der Waals surface area (Å²) < 4.78 is 37.8. The van der Waals surface area contributed by atoms with Crippen molar-refractivity contribution in [2.45, 2.75) is 32.4 Å². The first kappa shape index (κ1) is 23.0. The fraction of sp³-hybridized carbons (Fsp3) is 0.500. The van der Waals surface area contributed by atoms with Crippen molar-refractivity contribution in [2.24, 2.45) is 4.99 Å². The van der Waals surface area contributed by atoms with Gasteiger partial charge in [-0.3, -0.25) is 4.99 Å². The number of aromatic nitrogens is 1. The molecule has 0 aliphatic heterocycles. The van der Waals surface area contributed by atoms with Crippen molar-refractivity contribution in [3.05, 3.63) is 45.9 Å². The first-order chi connectivity index (χ1) is 13.8. The maximum Gasteiger partial charge on any atom is 0.434 e. The summed E-state index contributed by atoms with van der Waals surface area (Å²) in [5.74, 6) is 0.669. The third-order valence-corrected chi connectivity index (χ3v) is 5.07. The Labute approximate surface area is 174 Å². The van der Waals surface area contributed by atoms with E-state index in [9.17, 15) is 13.2 Å². The Bertz CT molecular complexity index is 769. The van der Waals surface area contributed by atoms with E-state index < -0.39 is 11.9 Å². The van der Waals surface area contributed by atoms with Gasteiger partial charge in [-0.1, -0.05) is 12.1 Å². The number of hydrogen-bond donors (Lipinski definition) is 2. The number of guanidine groups is 1. The maximum atomic E-state index is 12.6. The minimum Gasteiger partial charge on any atom is -0.378 e. The van der Waals surface area contributed by atoms with Gasteiger partial charge >= 0.3 is 6.18 Å². The van der Waals surface area contributed by atoms with Crippen molar-refractivity contribution in [1.29, 1.82) is 0 Å². The second kappa shape index (κ2) is 11.0. The van der Waals surface area contributed by atoms with E-state index in [-0.39, 0.29) is 0 Å². The summed E-state index contributed by atoms with van der Waals surface area (Å²) in [5, 5.41) is 7.82. The van der Waals surface area contributed by atoms with Crippen molar-refractivity contribution in [2.75, 3.05) is 38.6 Å². The predicted octanol–water partition coefficient (Wildman–Crippen LogP) is 3.96. The third kappa shape index (κ3) is 7.92. The molecule has 2 aromatic rings. The van der Waals surface area contributed by atoms with Crippen LogP contribution in [0.5, 0.6) is 0 Å². The lowest BCUT2D eigenvalue weighted by Crippen LogP contribution is -2.38. The summed E-state index contributed by atoms with van der Waals surface area (Å²) in [6.07, 6.45) is -2.11. The van der Waals surface area contributed by atoms with Crippen LogP contribution in [0, 0.1) is 0 Å². The SMILES string of the molecule is CCNC(=NCCCc1ccc(N(C)C)cc1)NCCc1nc(C(F)(F)F)cs1. The van der Waals surface area contributed by atoms with Crippen LogP contribution < -0.4 is 15.5 Å². The van der Waals surface area contributed by atoms with Gasteiger partial charge in [0, 0.05) is 51.2 Å². The highest BCUT2D eigenvalue weighted by atomic mass is 32.1. The van der Waals surface area contributed by atoms with Crippen LogP contribution in [-0.4, -0.2) is 44.7 Å². The summed E-state index contributed by atoms with van der Waals surface area (Å²) in [6.45, 7) is 3.83. The molecule has 1 aromatic heterocycles. The van der Waals surface area contributed by atoms with Gasteiger partial charge in [-0.15, -0.1) is 11.3 Å². The summed E-state index contributed by atoms with van der Waals surface area (Å²) >= 11 is 1.03. The van der Waals surface area contributed by atoms with Gasteiger partial charge in [0.2, 0.25) is 0 Å². The minimum atomic E-state index is -4.38. The lowest BCUT2D eigenvalue weighted by molar-refractivity contribution is -0.140. The van der Waals surface area contributed by atoms with Crippen LogP contribution in [0.25, 0.3) is 0 Å². The standard InChI is InChI=1S/C20H28F3N5S/c1-4-24-19(26-13-11-18-27-17(14-29-18)20(21,22)23)25-12-5-6-15-7-9-16(10-8-15)28(2)3/h7-10,14H,4-6,11-13H2,1-3H3,(H2,24,25,26). The molecule has 29 heavy (non-hydrogen) atoms. The normalized spacial score (nSPS) is 12.1. The highest BCUT2D eigenvalue weighted by Crippen LogP contribution is 2.30. The van der Waals surface area contributed by atoms with Crippen LogP contribution >= 0.6 is 11.3 Å². The smallest absolute Gasteiger partial charge is 0.378 e. The van der Waals surface area contributed by atoms with Gasteiger partial charge in [0.25, 0.3) is 0 Å². The Kier molecular flexibility index (Phi) is 8.75. The molecule has 0 saturated carbocycles. The van der Waals surface area contributed by atoms with Crippen molar-refractivity contribution in [1.82, 2.24) is 15.6 Å². The van der Waals surface area contributed by atoms with Gasteiger partial charge in [0.15, 0.2) is 11.7 Å². The summed E-state index contributed by atoms with van der Waals surface area (Å²) in [6, 6.07) is 8.47. The van der Waals surface area contributed by atoms with Crippen molar-refractivity contribution < 1.29 is 13.2 Å². The fourth-order valence-electron chi connectivity index (χ4n) is 2.62. The van der Waals surface area contributed by atoms with Gasteiger partial charge in [-0.2, -0.15) is 13.2 Å². The summed E-state index contributed by atoms with van der Waals surface area (Å²) in [4.78, 5) is 10.2. The molecular formula is C20H28F3N5S. The number of aryl methyl sites for hydroxylation is 1. The quantitative estimate of drug-likeness (QED) is 0.361. The van der Waals surface area contributed by atoms with Gasteiger partial charge in [0.1, 0.15) is 0 Å². The number of alkyl halides is 3. The largest absolute Gasteiger partial charge is 0.434 e. The van der Waals surface area contributed by atoms with Gasteiger partial charge in [0.05, 0.1) is 5.01 Å². The van der Waals surface area contributed by atoms with Gasteiger partial charge < -0.3 is 15.5 Å². The Hall–Kier alpha value is -2.29. The van der Waals surface area contributed by atoms with E-state index in [1.807, 2.05) is 21.0 Å². The van der Waals surface area contributed by atoms with Crippen molar-refractivity contribution in [3.63, 3.8) is 0 Å². The molecule has 0 radical (unpaired) electrons. The second-order valence-corrected chi connectivity index (χ2v) is 7.67. The van der Waals surface area contributed by atoms with E-state index in [0.29, 0.717) is 37.0 Å². The van der Waals surface area contributed by atoms with Gasteiger partial charge in [-0.05, 0) is 37.5 Å². The zero-order chi connectivity index (χ0) is 21.3. The van der Waals surface area contributed by atoms with Crippen LogP contribution in [0.4, 0.5) is 18.9 Å². The molecule has 1 heterocycles. The first-order valence-electron chi connectivity index (χ1n) is 9.59. The average Bonchev–Trinajstić information content (AvgIpc) is 3.15. The number of thiazole rings is 1. The second-order valence-electron chi connectivity index (χ2n) is 6.73. The number of anilines is 1. The van der Waals surface area contributed by atoms with Crippen LogP contribution in [0.15, 0.2) is 34.6 Å². The van der Waals surface area contributed by atoms with E-state index in [1.165, 1.54) is 11.3 Å². The molecule has 0 bridgehead atoms. The third-order valence-electron chi connectivity index (χ3n) is 4.16. The summed E-state index contributed by atoms with van der Waals surface area (Å²) in [5.41, 5.74) is 1.62. The van der Waals surface area contributed by atoms with E-state index in [4.69, 9.17) is 0 Å². The van der Waals surface area contributed by atoms with E-state index >= 15 is 0 Å². The predicted molar refractivity (Wildman–Crippen MR) is 114 cm³/mol. The van der Waals surface area contributed by atoms with Crippen molar-refractivity contribution in [3.8, 4) is 0 Å². The number of nitrogens with one attached hydrogen (secondary N) is 2. The fourth-order valence-corrected chi connectivity index (χ4v) is 3.43. The zero-order valence-electron chi connectivity index (χ0n) is 17.0. The zero-order valence-corrected chi connectivity index (χ0v) is 17.8. The molecule has 160 valence electrons. The monoisotopic (exact) mass is 427 g/mol. The summed E-state index contributed by atoms with van der Waals surface area (Å²) in [7, 11) is 4.03. The molecule has 5 nitrogen and oxygen atoms in total. The van der Waals surface area contributed by atoms with E-state index in [0.717, 1.165) is 29.6 Å². The maximum absolute atomic E-state index is 12.6. The van der Waals surface area contributed by atoms with Crippen LogP contribution in [0.2, 0.25) is 0 Å². The first-order valence-corrected chi connectivity index (χ1v) is 10.5. The molecule has 1 aromatic carbocycles.